The van der Waals surface area contributed by atoms with Gasteiger partial charge in [0.25, 0.3) is 0 Å². The molecule has 4 N–H and O–H groups in total. The van der Waals surface area contributed by atoms with Gasteiger partial charge in [0.1, 0.15) is 41.1 Å². The maximum Gasteiger partial charge on any atom is 0.150 e. The normalized spacial score (nSPS) is 24.4. The molecule has 11 rings (SSSR count). The lowest BCUT2D eigenvalue weighted by molar-refractivity contribution is 0.286. The first kappa shape index (κ1) is 37.4. The van der Waals surface area contributed by atoms with Crippen LogP contribution in [0.1, 0.15) is 87.4 Å². The summed E-state index contributed by atoms with van der Waals surface area (Å²) in [6.45, 7) is 9.58. The van der Waals surface area contributed by atoms with E-state index in [4.69, 9.17) is 9.97 Å². The van der Waals surface area contributed by atoms with E-state index < -0.39 is 6.17 Å². The molecular formula is C43H57FN14. The van der Waals surface area contributed by atoms with Gasteiger partial charge in [0.05, 0.1) is 42.7 Å². The van der Waals surface area contributed by atoms with Crippen LogP contribution < -0.4 is 40.9 Å². The highest BCUT2D eigenvalue weighted by Crippen LogP contribution is 2.40. The first-order valence-electron chi connectivity index (χ1n) is 21.9. The molecule has 306 valence electrons. The molecule has 2 bridgehead atoms. The van der Waals surface area contributed by atoms with Crippen molar-refractivity contribution in [2.45, 2.75) is 94.3 Å². The van der Waals surface area contributed by atoms with Crippen LogP contribution in [-0.4, -0.2) is 114 Å². The van der Waals surface area contributed by atoms with E-state index in [0.717, 1.165) is 111 Å². The predicted octanol–water partition coefficient (Wildman–Crippen LogP) is 5.87. The molecule has 58 heavy (non-hydrogen) atoms. The van der Waals surface area contributed by atoms with Crippen LogP contribution in [0.2, 0.25) is 0 Å². The van der Waals surface area contributed by atoms with E-state index in [1.165, 1.54) is 57.1 Å². The third kappa shape index (κ3) is 8.90. The second-order valence-corrected chi connectivity index (χ2v) is 17.2. The van der Waals surface area contributed by atoms with Crippen LogP contribution in [0.15, 0.2) is 49.1 Å². The van der Waals surface area contributed by atoms with Crippen LogP contribution in [0.25, 0.3) is 0 Å². The van der Waals surface area contributed by atoms with Crippen molar-refractivity contribution in [3.63, 3.8) is 0 Å². The molecule has 5 saturated heterocycles. The van der Waals surface area contributed by atoms with Gasteiger partial charge in [0.2, 0.25) is 0 Å². The smallest absolute Gasteiger partial charge is 0.150 e. The minimum absolute atomic E-state index is 0.416. The van der Waals surface area contributed by atoms with Gasteiger partial charge in [-0.15, -0.1) is 0 Å². The van der Waals surface area contributed by atoms with Gasteiger partial charge in [0.15, 0.2) is 0 Å². The Bertz CT molecular complexity index is 1960. The van der Waals surface area contributed by atoms with Gasteiger partial charge in [-0.1, -0.05) is 0 Å². The number of fused-ring (bicyclic) bond motifs is 2. The monoisotopic (exact) mass is 788 g/mol. The van der Waals surface area contributed by atoms with Gasteiger partial charge in [-0.2, -0.15) is 0 Å². The zero-order valence-corrected chi connectivity index (χ0v) is 33.5. The number of nitrogens with zero attached hydrogens (tertiary/aromatic N) is 10. The van der Waals surface area contributed by atoms with Crippen molar-refractivity contribution in [2.24, 2.45) is 0 Å². The van der Waals surface area contributed by atoms with Gasteiger partial charge in [-0.3, -0.25) is 9.97 Å². The number of rotatable bonds is 10. The maximum absolute atomic E-state index is 14.1. The van der Waals surface area contributed by atoms with Crippen LogP contribution in [-0.2, 0) is 0 Å². The van der Waals surface area contributed by atoms with Crippen molar-refractivity contribution in [2.75, 3.05) is 95.7 Å². The molecule has 14 nitrogen and oxygen atoms in total. The van der Waals surface area contributed by atoms with E-state index in [2.05, 4.69) is 85.1 Å². The van der Waals surface area contributed by atoms with Crippen LogP contribution >= 0.6 is 0 Å². The average Bonchev–Trinajstić information content (AvgIpc) is 4.22. The van der Waals surface area contributed by atoms with Crippen molar-refractivity contribution >= 4 is 46.3 Å². The van der Waals surface area contributed by atoms with Crippen LogP contribution in [0.5, 0.6) is 0 Å². The largest absolute Gasteiger partial charge is 0.369 e. The van der Waals surface area contributed by atoms with E-state index in [1.807, 2.05) is 18.6 Å². The Morgan fingerprint density at radius 2 is 1.21 bits per heavy atom. The summed E-state index contributed by atoms with van der Waals surface area (Å²) in [6, 6.07) is 9.71. The lowest BCUT2D eigenvalue weighted by atomic mass is 10.1. The van der Waals surface area contributed by atoms with Crippen molar-refractivity contribution in [3.05, 3.63) is 60.4 Å². The molecule has 0 radical (unpaired) electrons. The number of pyridine rings is 2. The SMILES string of the molecule is FC1CCCN(c2cc(N3CC4CC3CN4)cc(Nc3cnc(C4CC4)cn3)n2)C1.c1nc(C2CC2)cnc1Nc1cc(N2CCNCC2)cc(N2CCCCC2)n1. The molecule has 15 heteroatoms. The van der Waals surface area contributed by atoms with E-state index in [9.17, 15) is 4.39 Å². The second-order valence-electron chi connectivity index (χ2n) is 17.2. The molecule has 7 aliphatic rings. The zero-order chi connectivity index (χ0) is 38.8. The lowest BCUT2D eigenvalue weighted by Gasteiger charge is -2.33. The number of aromatic nitrogens is 6. The molecule has 4 aromatic rings. The van der Waals surface area contributed by atoms with Gasteiger partial charge >= 0.3 is 0 Å². The molecule has 3 unspecified atom stereocenters. The Morgan fingerprint density at radius 3 is 1.78 bits per heavy atom. The summed E-state index contributed by atoms with van der Waals surface area (Å²) in [4.78, 5) is 37.4. The minimum Gasteiger partial charge on any atom is -0.369 e. The molecular weight excluding hydrogens is 732 g/mol. The molecule has 5 aliphatic heterocycles. The molecule has 0 aromatic carbocycles. The van der Waals surface area contributed by atoms with E-state index >= 15 is 0 Å². The number of hydrogen-bond acceptors (Lipinski definition) is 14. The fourth-order valence-corrected chi connectivity index (χ4v) is 9.11. The van der Waals surface area contributed by atoms with Crippen LogP contribution in [0.4, 0.5) is 50.7 Å². The number of nitrogens with one attached hydrogen (secondary N) is 4. The minimum atomic E-state index is -0.784. The summed E-state index contributed by atoms with van der Waals surface area (Å²) in [5.41, 5.74) is 4.58. The molecule has 0 amide bonds. The Kier molecular flexibility index (Phi) is 10.8. The number of piperazine rings is 2. The Hall–Kier alpha value is -4.89. The molecule has 9 heterocycles. The fraction of sp³-hybridized carbons (Fsp3) is 0.581. The van der Waals surface area contributed by atoms with Gasteiger partial charge in [-0.25, -0.2) is 24.3 Å². The maximum atomic E-state index is 14.1. The fourth-order valence-electron chi connectivity index (χ4n) is 9.11. The van der Waals surface area contributed by atoms with E-state index in [1.54, 1.807) is 6.20 Å². The Labute approximate surface area is 340 Å². The highest BCUT2D eigenvalue weighted by Gasteiger charge is 2.38. The van der Waals surface area contributed by atoms with Gasteiger partial charge in [0, 0.05) is 118 Å². The third-order valence-corrected chi connectivity index (χ3v) is 12.7. The Morgan fingerprint density at radius 1 is 0.586 bits per heavy atom. The molecule has 7 fully saturated rings. The summed E-state index contributed by atoms with van der Waals surface area (Å²) >= 11 is 0. The van der Waals surface area contributed by atoms with Crippen molar-refractivity contribution < 1.29 is 4.39 Å². The van der Waals surface area contributed by atoms with Crippen molar-refractivity contribution in [1.29, 1.82) is 0 Å². The molecule has 3 atom stereocenters. The summed E-state index contributed by atoms with van der Waals surface area (Å²) in [7, 11) is 0. The highest BCUT2D eigenvalue weighted by molar-refractivity contribution is 5.67. The van der Waals surface area contributed by atoms with E-state index in [0.29, 0.717) is 42.7 Å². The Balaban J connectivity index is 0.000000141. The number of halogens is 1. The second kappa shape index (κ2) is 16.8. The summed E-state index contributed by atoms with van der Waals surface area (Å²) < 4.78 is 14.1. The van der Waals surface area contributed by atoms with Crippen molar-refractivity contribution in [3.8, 4) is 0 Å². The first-order chi connectivity index (χ1) is 28.6. The predicted molar refractivity (Wildman–Crippen MR) is 228 cm³/mol. The lowest BCUT2D eigenvalue weighted by Crippen LogP contribution is -2.44. The van der Waals surface area contributed by atoms with Crippen LogP contribution in [0.3, 0.4) is 0 Å². The molecule has 2 aliphatic carbocycles. The number of hydrogen-bond donors (Lipinski definition) is 4. The van der Waals surface area contributed by atoms with Gasteiger partial charge < -0.3 is 40.9 Å². The summed E-state index contributed by atoms with van der Waals surface area (Å²) in [5, 5.41) is 13.7. The van der Waals surface area contributed by atoms with E-state index in [-0.39, 0.29) is 0 Å². The number of alkyl halides is 1. The molecule has 4 aromatic heterocycles. The quantitative estimate of drug-likeness (QED) is 0.152. The number of piperidine rings is 2. The summed E-state index contributed by atoms with van der Waals surface area (Å²) in [5.74, 6) is 6.18. The van der Waals surface area contributed by atoms with Gasteiger partial charge in [-0.05, 0) is 64.2 Å². The average molecular weight is 789 g/mol. The third-order valence-electron chi connectivity index (χ3n) is 12.7. The zero-order valence-electron chi connectivity index (χ0n) is 33.5. The van der Waals surface area contributed by atoms with Crippen molar-refractivity contribution in [1.82, 2.24) is 40.5 Å². The molecule has 0 spiro atoms. The highest BCUT2D eigenvalue weighted by atomic mass is 19.1. The standard InChI is InChI=1S/C22H28FN7.C21H29N7/c23-15-2-1-5-29(12-15)22-8-17(30-13-16-6-18(30)9-24-16)7-20(28-22)27-21-11-25-19(10-26-21)14-3-4-14;1-2-8-28(9-3-1)21-13-17(27-10-6-22-7-11-27)12-19(26-21)25-20-15-23-18(14-24-20)16-4-5-16/h7-8,10-11,14-16,18,24H,1-6,9,12-13H2,(H,26,27,28);12-16,22H,1-11H2,(H,24,25,26). The topological polar surface area (TPSA) is 138 Å². The summed E-state index contributed by atoms with van der Waals surface area (Å²) in [6.07, 6.45) is 18.1. The number of anilines is 8. The van der Waals surface area contributed by atoms with Crippen LogP contribution in [0, 0.1) is 0 Å². The molecule has 2 saturated carbocycles. The first-order valence-corrected chi connectivity index (χ1v) is 21.9.